The highest BCUT2D eigenvalue weighted by molar-refractivity contribution is 5.94. The Morgan fingerprint density at radius 1 is 1.09 bits per heavy atom. The molecule has 2 heterocycles. The van der Waals surface area contributed by atoms with Gasteiger partial charge >= 0.3 is 0 Å². The zero-order chi connectivity index (χ0) is 15.4. The summed E-state index contributed by atoms with van der Waals surface area (Å²) in [5, 5.41) is 0. The Kier molecular flexibility index (Phi) is 4.53. The van der Waals surface area contributed by atoms with Crippen molar-refractivity contribution in [2.24, 2.45) is 0 Å². The lowest BCUT2D eigenvalue weighted by Gasteiger charge is -2.34. The summed E-state index contributed by atoms with van der Waals surface area (Å²) in [7, 11) is 0. The molecular weight excluding hydrogens is 276 g/mol. The van der Waals surface area contributed by atoms with E-state index in [1.807, 2.05) is 54.5 Å². The number of nitrogens with zero attached hydrogens (tertiary/aromatic N) is 4. The number of carbonyl (C=O) groups excluding carboxylic acids is 1. The van der Waals surface area contributed by atoms with E-state index >= 15 is 0 Å². The smallest absolute Gasteiger partial charge is 0.253 e. The van der Waals surface area contributed by atoms with E-state index < -0.39 is 0 Å². The predicted molar refractivity (Wildman–Crippen MR) is 85.7 cm³/mol. The zero-order valence-electron chi connectivity index (χ0n) is 13.0. The molecule has 0 atom stereocenters. The van der Waals surface area contributed by atoms with Crippen LogP contribution in [-0.4, -0.2) is 58.0 Å². The highest BCUT2D eigenvalue weighted by Gasteiger charge is 2.21. The van der Waals surface area contributed by atoms with Crippen LogP contribution in [0, 0.1) is 6.92 Å². The maximum atomic E-state index is 12.4. The summed E-state index contributed by atoms with van der Waals surface area (Å²) in [6, 6.07) is 9.54. The molecule has 3 rings (SSSR count). The summed E-state index contributed by atoms with van der Waals surface area (Å²) in [5.41, 5.74) is 0.782. The number of hydrogen-bond donors (Lipinski definition) is 0. The van der Waals surface area contributed by atoms with Gasteiger partial charge in [0.1, 0.15) is 5.82 Å². The number of piperazine rings is 1. The van der Waals surface area contributed by atoms with Gasteiger partial charge in [0, 0.05) is 57.2 Å². The molecule has 0 radical (unpaired) electrons. The average molecular weight is 298 g/mol. The molecule has 1 fully saturated rings. The molecule has 1 aliphatic heterocycles. The average Bonchev–Trinajstić information content (AvgIpc) is 2.99. The molecule has 0 saturated carbocycles. The fraction of sp³-hybridized carbons (Fsp3) is 0.412. The topological polar surface area (TPSA) is 41.4 Å². The van der Waals surface area contributed by atoms with Crippen molar-refractivity contribution < 1.29 is 4.79 Å². The lowest BCUT2D eigenvalue weighted by atomic mass is 10.2. The number of amides is 1. The number of rotatable bonds is 4. The standard InChI is InChI=1S/C17H22N4O/c1-15-18-7-8-20(15)12-9-19-10-13-21(14-11-19)17(22)16-5-3-2-4-6-16/h2-8H,9-14H2,1H3. The van der Waals surface area contributed by atoms with Gasteiger partial charge in [0.2, 0.25) is 0 Å². The fourth-order valence-electron chi connectivity index (χ4n) is 2.83. The summed E-state index contributed by atoms with van der Waals surface area (Å²) < 4.78 is 2.17. The Labute approximate surface area is 131 Å². The van der Waals surface area contributed by atoms with E-state index in [4.69, 9.17) is 0 Å². The molecule has 1 aliphatic rings. The van der Waals surface area contributed by atoms with Gasteiger partial charge in [-0.1, -0.05) is 18.2 Å². The van der Waals surface area contributed by atoms with Gasteiger partial charge in [-0.2, -0.15) is 0 Å². The maximum Gasteiger partial charge on any atom is 0.253 e. The second kappa shape index (κ2) is 6.75. The summed E-state index contributed by atoms with van der Waals surface area (Å²) in [5.74, 6) is 1.20. The predicted octanol–water partition coefficient (Wildman–Crippen LogP) is 1.65. The number of benzene rings is 1. The number of aromatic nitrogens is 2. The number of imidazole rings is 1. The first-order valence-corrected chi connectivity index (χ1v) is 7.78. The first kappa shape index (κ1) is 14.8. The molecule has 116 valence electrons. The van der Waals surface area contributed by atoms with E-state index in [1.54, 1.807) is 0 Å². The minimum atomic E-state index is 0.144. The van der Waals surface area contributed by atoms with Crippen molar-refractivity contribution in [3.63, 3.8) is 0 Å². The maximum absolute atomic E-state index is 12.4. The largest absolute Gasteiger partial charge is 0.336 e. The lowest BCUT2D eigenvalue weighted by molar-refractivity contribution is 0.0633. The Balaban J connectivity index is 1.48. The van der Waals surface area contributed by atoms with E-state index in [0.717, 1.165) is 50.7 Å². The van der Waals surface area contributed by atoms with Crippen molar-refractivity contribution >= 4 is 5.91 Å². The van der Waals surface area contributed by atoms with Crippen molar-refractivity contribution in [3.8, 4) is 0 Å². The lowest BCUT2D eigenvalue weighted by Crippen LogP contribution is -2.49. The highest BCUT2D eigenvalue weighted by Crippen LogP contribution is 2.09. The monoisotopic (exact) mass is 298 g/mol. The highest BCUT2D eigenvalue weighted by atomic mass is 16.2. The molecule has 1 saturated heterocycles. The second-order valence-electron chi connectivity index (χ2n) is 5.67. The van der Waals surface area contributed by atoms with Crippen LogP contribution in [0.4, 0.5) is 0 Å². The van der Waals surface area contributed by atoms with Crippen LogP contribution in [0.2, 0.25) is 0 Å². The van der Waals surface area contributed by atoms with E-state index in [1.165, 1.54) is 0 Å². The summed E-state index contributed by atoms with van der Waals surface area (Å²) in [6.07, 6.45) is 3.86. The fourth-order valence-corrected chi connectivity index (χ4v) is 2.83. The van der Waals surface area contributed by atoms with Crippen molar-refractivity contribution in [3.05, 3.63) is 54.1 Å². The molecule has 5 nitrogen and oxygen atoms in total. The molecule has 0 aliphatic carbocycles. The van der Waals surface area contributed by atoms with E-state index in [9.17, 15) is 4.79 Å². The zero-order valence-corrected chi connectivity index (χ0v) is 13.0. The molecular formula is C17H22N4O. The van der Waals surface area contributed by atoms with Crippen LogP contribution in [0.25, 0.3) is 0 Å². The Morgan fingerprint density at radius 2 is 1.82 bits per heavy atom. The van der Waals surface area contributed by atoms with Crippen molar-refractivity contribution in [1.29, 1.82) is 0 Å². The third kappa shape index (κ3) is 3.36. The molecule has 1 amide bonds. The van der Waals surface area contributed by atoms with Gasteiger partial charge in [0.25, 0.3) is 5.91 Å². The van der Waals surface area contributed by atoms with Crippen LogP contribution in [0.1, 0.15) is 16.2 Å². The van der Waals surface area contributed by atoms with Crippen LogP contribution >= 0.6 is 0 Å². The molecule has 1 aromatic carbocycles. The van der Waals surface area contributed by atoms with Crippen molar-refractivity contribution in [2.75, 3.05) is 32.7 Å². The molecule has 0 spiro atoms. The van der Waals surface area contributed by atoms with Crippen molar-refractivity contribution in [1.82, 2.24) is 19.4 Å². The first-order valence-electron chi connectivity index (χ1n) is 7.78. The molecule has 0 unspecified atom stereocenters. The van der Waals surface area contributed by atoms with Gasteiger partial charge < -0.3 is 9.47 Å². The third-order valence-electron chi connectivity index (χ3n) is 4.26. The second-order valence-corrected chi connectivity index (χ2v) is 5.67. The van der Waals surface area contributed by atoms with Gasteiger partial charge in [-0.3, -0.25) is 9.69 Å². The van der Waals surface area contributed by atoms with E-state index in [-0.39, 0.29) is 5.91 Å². The Bertz CT molecular complexity index is 615. The minimum absolute atomic E-state index is 0.144. The summed E-state index contributed by atoms with van der Waals surface area (Å²) >= 11 is 0. The quantitative estimate of drug-likeness (QED) is 0.862. The van der Waals surface area contributed by atoms with Crippen LogP contribution in [0.15, 0.2) is 42.7 Å². The van der Waals surface area contributed by atoms with Crippen molar-refractivity contribution in [2.45, 2.75) is 13.5 Å². The molecule has 0 N–H and O–H groups in total. The molecule has 0 bridgehead atoms. The Morgan fingerprint density at radius 3 is 2.45 bits per heavy atom. The molecule has 2 aromatic rings. The Hall–Kier alpha value is -2.14. The van der Waals surface area contributed by atoms with Crippen LogP contribution in [0.5, 0.6) is 0 Å². The summed E-state index contributed by atoms with van der Waals surface area (Å²) in [4.78, 5) is 21.0. The molecule has 1 aromatic heterocycles. The van der Waals surface area contributed by atoms with Gasteiger partial charge in [-0.15, -0.1) is 0 Å². The van der Waals surface area contributed by atoms with Crippen LogP contribution in [-0.2, 0) is 6.54 Å². The van der Waals surface area contributed by atoms with Gasteiger partial charge in [0.05, 0.1) is 0 Å². The first-order chi connectivity index (χ1) is 10.7. The number of carbonyl (C=O) groups is 1. The van der Waals surface area contributed by atoms with E-state index in [2.05, 4.69) is 14.5 Å². The molecule has 22 heavy (non-hydrogen) atoms. The van der Waals surface area contributed by atoms with Gasteiger partial charge in [-0.05, 0) is 19.1 Å². The van der Waals surface area contributed by atoms with E-state index in [0.29, 0.717) is 0 Å². The SMILES string of the molecule is Cc1nccn1CCN1CCN(C(=O)c2ccccc2)CC1. The normalized spacial score (nSPS) is 16.0. The van der Waals surface area contributed by atoms with Crippen LogP contribution in [0.3, 0.4) is 0 Å². The summed E-state index contributed by atoms with van der Waals surface area (Å²) in [6.45, 7) is 7.46. The van der Waals surface area contributed by atoms with Crippen LogP contribution < -0.4 is 0 Å². The number of hydrogen-bond acceptors (Lipinski definition) is 3. The molecule has 5 heteroatoms. The number of aryl methyl sites for hydroxylation is 1. The van der Waals surface area contributed by atoms with Gasteiger partial charge in [-0.25, -0.2) is 4.98 Å². The minimum Gasteiger partial charge on any atom is -0.336 e. The third-order valence-corrected chi connectivity index (χ3v) is 4.26. The van der Waals surface area contributed by atoms with Gasteiger partial charge in [0.15, 0.2) is 0 Å².